The normalized spacial score (nSPS) is 13.2. The molecule has 0 aliphatic carbocycles. The SMILES string of the molecule is COCC(C)NS(=O)(=O)Cc1ccc(C(=O)O)cc1. The number of carbonyl (C=O) groups is 1. The van der Waals surface area contributed by atoms with Crippen LogP contribution in [0, 0.1) is 0 Å². The van der Waals surface area contributed by atoms with Crippen LogP contribution in [0.2, 0.25) is 0 Å². The lowest BCUT2D eigenvalue weighted by Gasteiger charge is -2.13. The molecule has 7 heteroatoms. The zero-order valence-corrected chi connectivity index (χ0v) is 11.6. The predicted molar refractivity (Wildman–Crippen MR) is 70.5 cm³/mol. The third-order valence-corrected chi connectivity index (χ3v) is 3.83. The first-order valence-corrected chi connectivity index (χ1v) is 7.30. The summed E-state index contributed by atoms with van der Waals surface area (Å²) in [4.78, 5) is 10.7. The molecule has 0 saturated heterocycles. The third kappa shape index (κ3) is 5.37. The van der Waals surface area contributed by atoms with Gasteiger partial charge in [0.15, 0.2) is 0 Å². The van der Waals surface area contributed by atoms with E-state index in [2.05, 4.69) is 4.72 Å². The van der Waals surface area contributed by atoms with Crippen molar-refractivity contribution in [3.63, 3.8) is 0 Å². The van der Waals surface area contributed by atoms with E-state index in [0.29, 0.717) is 5.56 Å². The van der Waals surface area contributed by atoms with E-state index in [1.54, 1.807) is 6.92 Å². The number of aromatic carboxylic acids is 1. The lowest BCUT2D eigenvalue weighted by Crippen LogP contribution is -2.36. The van der Waals surface area contributed by atoms with Crippen molar-refractivity contribution in [3.05, 3.63) is 35.4 Å². The van der Waals surface area contributed by atoms with Crippen molar-refractivity contribution in [2.45, 2.75) is 18.7 Å². The smallest absolute Gasteiger partial charge is 0.335 e. The van der Waals surface area contributed by atoms with E-state index in [9.17, 15) is 13.2 Å². The van der Waals surface area contributed by atoms with Gasteiger partial charge in [-0.1, -0.05) is 12.1 Å². The van der Waals surface area contributed by atoms with Crippen LogP contribution in [-0.4, -0.2) is 39.3 Å². The first kappa shape index (κ1) is 15.6. The van der Waals surface area contributed by atoms with Crippen molar-refractivity contribution in [1.82, 2.24) is 4.72 Å². The molecule has 1 unspecified atom stereocenters. The fourth-order valence-corrected chi connectivity index (χ4v) is 2.99. The van der Waals surface area contributed by atoms with Gasteiger partial charge in [-0.05, 0) is 24.6 Å². The van der Waals surface area contributed by atoms with Gasteiger partial charge in [-0.25, -0.2) is 17.9 Å². The minimum atomic E-state index is -3.47. The summed E-state index contributed by atoms with van der Waals surface area (Å²) in [5.74, 6) is -1.23. The summed E-state index contributed by atoms with van der Waals surface area (Å²) < 4.78 is 31.0. The van der Waals surface area contributed by atoms with Gasteiger partial charge in [0.2, 0.25) is 10.0 Å². The Kier molecular flexibility index (Phi) is 5.46. The Morgan fingerprint density at radius 3 is 2.42 bits per heavy atom. The van der Waals surface area contributed by atoms with Crippen LogP contribution >= 0.6 is 0 Å². The van der Waals surface area contributed by atoms with Crippen LogP contribution in [0.3, 0.4) is 0 Å². The molecule has 0 aromatic heterocycles. The molecule has 0 spiro atoms. The lowest BCUT2D eigenvalue weighted by molar-refractivity contribution is 0.0697. The van der Waals surface area contributed by atoms with Crippen LogP contribution in [-0.2, 0) is 20.5 Å². The monoisotopic (exact) mass is 287 g/mol. The highest BCUT2D eigenvalue weighted by atomic mass is 32.2. The number of ether oxygens (including phenoxy) is 1. The summed E-state index contributed by atoms with van der Waals surface area (Å²) in [6.45, 7) is 1.99. The van der Waals surface area contributed by atoms with Crippen molar-refractivity contribution < 1.29 is 23.1 Å². The largest absolute Gasteiger partial charge is 0.478 e. The van der Waals surface area contributed by atoms with Crippen LogP contribution in [0.25, 0.3) is 0 Å². The second-order valence-corrected chi connectivity index (χ2v) is 5.99. The molecular formula is C12H17NO5S. The molecule has 106 valence electrons. The average Bonchev–Trinajstić information content (AvgIpc) is 2.28. The number of methoxy groups -OCH3 is 1. The minimum Gasteiger partial charge on any atom is -0.478 e. The molecule has 0 saturated carbocycles. The number of hydrogen-bond acceptors (Lipinski definition) is 4. The van der Waals surface area contributed by atoms with Gasteiger partial charge in [-0.2, -0.15) is 0 Å². The molecule has 1 rings (SSSR count). The Morgan fingerprint density at radius 1 is 1.37 bits per heavy atom. The summed E-state index contributed by atoms with van der Waals surface area (Å²) in [5.41, 5.74) is 0.656. The molecule has 0 heterocycles. The number of carboxylic acid groups (broad SMARTS) is 1. The molecule has 6 nitrogen and oxygen atoms in total. The van der Waals surface area contributed by atoms with Crippen molar-refractivity contribution in [2.24, 2.45) is 0 Å². The first-order chi connectivity index (χ1) is 8.84. The molecule has 1 atom stereocenters. The van der Waals surface area contributed by atoms with Crippen molar-refractivity contribution in [1.29, 1.82) is 0 Å². The molecule has 2 N–H and O–H groups in total. The fraction of sp³-hybridized carbons (Fsp3) is 0.417. The van der Waals surface area contributed by atoms with Gasteiger partial charge >= 0.3 is 5.97 Å². The molecule has 0 aliphatic heterocycles. The number of carboxylic acids is 1. The predicted octanol–water partition coefficient (Wildman–Crippen LogP) is 0.839. The lowest BCUT2D eigenvalue weighted by atomic mass is 10.1. The Hall–Kier alpha value is -1.44. The van der Waals surface area contributed by atoms with Crippen LogP contribution in [0.4, 0.5) is 0 Å². The molecule has 0 amide bonds. The summed E-state index contributed by atoms with van der Waals surface area (Å²) in [6, 6.07) is 5.43. The molecule has 19 heavy (non-hydrogen) atoms. The zero-order chi connectivity index (χ0) is 14.5. The first-order valence-electron chi connectivity index (χ1n) is 5.65. The van der Waals surface area contributed by atoms with Crippen molar-refractivity contribution in [2.75, 3.05) is 13.7 Å². The number of nitrogens with one attached hydrogen (secondary N) is 1. The summed E-state index contributed by atoms with van der Waals surface area (Å²) in [5, 5.41) is 8.74. The highest BCUT2D eigenvalue weighted by Crippen LogP contribution is 2.08. The standard InChI is InChI=1S/C12H17NO5S/c1-9(7-18-2)13-19(16,17)8-10-3-5-11(6-4-10)12(14)15/h3-6,9,13H,7-8H2,1-2H3,(H,14,15). The number of benzene rings is 1. The van der Waals surface area contributed by atoms with Crippen LogP contribution < -0.4 is 4.72 Å². The Balaban J connectivity index is 2.70. The van der Waals surface area contributed by atoms with Gasteiger partial charge in [0.05, 0.1) is 17.9 Å². The Morgan fingerprint density at radius 2 is 1.95 bits per heavy atom. The number of sulfonamides is 1. The van der Waals surface area contributed by atoms with Crippen LogP contribution in [0.5, 0.6) is 0 Å². The number of hydrogen-bond donors (Lipinski definition) is 2. The van der Waals surface area contributed by atoms with E-state index >= 15 is 0 Å². The fourth-order valence-electron chi connectivity index (χ4n) is 1.60. The molecule has 1 aromatic carbocycles. The van der Waals surface area contributed by atoms with E-state index < -0.39 is 16.0 Å². The van der Waals surface area contributed by atoms with E-state index in [1.165, 1.54) is 31.4 Å². The van der Waals surface area contributed by atoms with E-state index in [0.717, 1.165) is 0 Å². The van der Waals surface area contributed by atoms with E-state index in [-0.39, 0.29) is 24.0 Å². The second-order valence-electron chi connectivity index (χ2n) is 4.24. The average molecular weight is 287 g/mol. The Bertz CT molecular complexity index is 524. The van der Waals surface area contributed by atoms with Gasteiger partial charge < -0.3 is 9.84 Å². The second kappa shape index (κ2) is 6.65. The maximum atomic E-state index is 11.8. The highest BCUT2D eigenvalue weighted by molar-refractivity contribution is 7.88. The summed E-state index contributed by atoms with van der Waals surface area (Å²) in [7, 11) is -1.97. The molecule has 0 bridgehead atoms. The van der Waals surface area contributed by atoms with Gasteiger partial charge in [-0.15, -0.1) is 0 Å². The van der Waals surface area contributed by atoms with E-state index in [4.69, 9.17) is 9.84 Å². The highest BCUT2D eigenvalue weighted by Gasteiger charge is 2.15. The van der Waals surface area contributed by atoms with Crippen molar-refractivity contribution >= 4 is 16.0 Å². The summed E-state index contributed by atoms with van der Waals surface area (Å²) in [6.07, 6.45) is 0. The number of rotatable bonds is 7. The van der Waals surface area contributed by atoms with Gasteiger partial charge in [-0.3, -0.25) is 0 Å². The quantitative estimate of drug-likeness (QED) is 0.775. The molecule has 0 fully saturated rings. The Labute approximate surface area is 112 Å². The van der Waals surface area contributed by atoms with Crippen LogP contribution in [0.1, 0.15) is 22.8 Å². The van der Waals surface area contributed by atoms with E-state index in [1.807, 2.05) is 0 Å². The minimum absolute atomic E-state index is 0.127. The molecule has 0 radical (unpaired) electrons. The van der Waals surface area contributed by atoms with Crippen molar-refractivity contribution in [3.8, 4) is 0 Å². The third-order valence-electron chi connectivity index (χ3n) is 2.35. The maximum Gasteiger partial charge on any atom is 0.335 e. The van der Waals surface area contributed by atoms with Gasteiger partial charge in [0.1, 0.15) is 0 Å². The zero-order valence-electron chi connectivity index (χ0n) is 10.8. The molecule has 0 aliphatic rings. The van der Waals surface area contributed by atoms with Gasteiger partial charge in [0, 0.05) is 13.2 Å². The van der Waals surface area contributed by atoms with Crippen LogP contribution in [0.15, 0.2) is 24.3 Å². The topological polar surface area (TPSA) is 92.7 Å². The molecule has 1 aromatic rings. The maximum absolute atomic E-state index is 11.8. The van der Waals surface area contributed by atoms with Gasteiger partial charge in [0.25, 0.3) is 0 Å². The molecular weight excluding hydrogens is 270 g/mol. The summed E-state index contributed by atoms with van der Waals surface area (Å²) >= 11 is 0.